The Morgan fingerprint density at radius 2 is 1.88 bits per heavy atom. The second-order valence-corrected chi connectivity index (χ2v) is 5.74. The number of benzene rings is 2. The fourth-order valence-corrected chi connectivity index (χ4v) is 2.86. The standard InChI is InChI=1S/C19H16FN5/c20-15-9-11(5-6-12(15)10-21)13-7-8-23-19-17(13)24-18(25-19)14-3-1-2-4-16(14)22/h1-9H,10,21-22H2,(H,23,24,25). The molecule has 0 unspecified atom stereocenters. The molecule has 4 aromatic rings. The number of anilines is 1. The molecule has 6 heteroatoms. The highest BCUT2D eigenvalue weighted by Gasteiger charge is 2.14. The summed E-state index contributed by atoms with van der Waals surface area (Å²) < 4.78 is 14.1. The normalized spacial score (nSPS) is 11.1. The minimum absolute atomic E-state index is 0.164. The van der Waals surface area contributed by atoms with E-state index in [2.05, 4.69) is 15.0 Å². The maximum Gasteiger partial charge on any atom is 0.158 e. The number of aromatic amines is 1. The summed E-state index contributed by atoms with van der Waals surface area (Å²) in [7, 11) is 0. The molecule has 0 bridgehead atoms. The Morgan fingerprint density at radius 1 is 1.04 bits per heavy atom. The van der Waals surface area contributed by atoms with Crippen molar-refractivity contribution in [2.45, 2.75) is 6.54 Å². The van der Waals surface area contributed by atoms with E-state index in [-0.39, 0.29) is 12.4 Å². The van der Waals surface area contributed by atoms with Crippen molar-refractivity contribution in [3.63, 3.8) is 0 Å². The molecule has 0 saturated heterocycles. The van der Waals surface area contributed by atoms with Crippen molar-refractivity contribution in [3.8, 4) is 22.5 Å². The minimum atomic E-state index is -0.326. The number of nitrogens with one attached hydrogen (secondary N) is 1. The number of hydrogen-bond acceptors (Lipinski definition) is 4. The quantitative estimate of drug-likeness (QED) is 0.500. The van der Waals surface area contributed by atoms with Crippen LogP contribution in [-0.4, -0.2) is 15.0 Å². The Labute approximate surface area is 143 Å². The third-order valence-electron chi connectivity index (χ3n) is 4.18. The number of nitrogens with two attached hydrogens (primary N) is 2. The van der Waals surface area contributed by atoms with Crippen molar-refractivity contribution < 1.29 is 4.39 Å². The van der Waals surface area contributed by atoms with E-state index < -0.39 is 0 Å². The maximum atomic E-state index is 14.1. The van der Waals surface area contributed by atoms with E-state index in [1.165, 1.54) is 6.07 Å². The number of nitrogen functional groups attached to an aromatic ring is 1. The lowest BCUT2D eigenvalue weighted by Crippen LogP contribution is -1.99. The average molecular weight is 333 g/mol. The van der Waals surface area contributed by atoms with Gasteiger partial charge in [0.1, 0.15) is 17.2 Å². The van der Waals surface area contributed by atoms with E-state index in [1.807, 2.05) is 36.4 Å². The number of halogens is 1. The molecule has 0 fully saturated rings. The molecule has 0 amide bonds. The third-order valence-corrected chi connectivity index (χ3v) is 4.18. The lowest BCUT2D eigenvalue weighted by Gasteiger charge is -2.05. The monoisotopic (exact) mass is 333 g/mol. The zero-order valence-electron chi connectivity index (χ0n) is 13.3. The van der Waals surface area contributed by atoms with Crippen LogP contribution in [0.3, 0.4) is 0 Å². The molecule has 5 nitrogen and oxygen atoms in total. The van der Waals surface area contributed by atoms with Crippen molar-refractivity contribution in [2.24, 2.45) is 5.73 Å². The van der Waals surface area contributed by atoms with E-state index >= 15 is 0 Å². The zero-order chi connectivity index (χ0) is 17.4. The van der Waals surface area contributed by atoms with E-state index in [9.17, 15) is 4.39 Å². The molecule has 0 atom stereocenters. The highest BCUT2D eigenvalue weighted by molar-refractivity contribution is 5.92. The maximum absolute atomic E-state index is 14.1. The van der Waals surface area contributed by atoms with E-state index in [4.69, 9.17) is 11.5 Å². The summed E-state index contributed by atoms with van der Waals surface area (Å²) in [6, 6.07) is 14.3. The molecule has 124 valence electrons. The molecule has 5 N–H and O–H groups in total. The Bertz CT molecular complexity index is 1070. The predicted octanol–water partition coefficient (Wildman–Crippen LogP) is 3.47. The fourth-order valence-electron chi connectivity index (χ4n) is 2.86. The van der Waals surface area contributed by atoms with E-state index in [0.29, 0.717) is 28.2 Å². The molecule has 4 rings (SSSR count). The summed E-state index contributed by atoms with van der Waals surface area (Å²) in [5, 5.41) is 0. The summed E-state index contributed by atoms with van der Waals surface area (Å²) in [4.78, 5) is 12.2. The van der Waals surface area contributed by atoms with Crippen LogP contribution in [0.1, 0.15) is 5.56 Å². The summed E-state index contributed by atoms with van der Waals surface area (Å²) in [5.41, 5.74) is 16.3. The van der Waals surface area contributed by atoms with Crippen LogP contribution in [-0.2, 0) is 6.54 Å². The molecular formula is C19H16FN5. The fraction of sp³-hybridized carbons (Fsp3) is 0.0526. The van der Waals surface area contributed by atoms with Crippen LogP contribution in [0.25, 0.3) is 33.7 Å². The van der Waals surface area contributed by atoms with Crippen LogP contribution >= 0.6 is 0 Å². The molecule has 0 aliphatic heterocycles. The molecule has 2 aromatic carbocycles. The number of H-pyrrole nitrogens is 1. The Hall–Kier alpha value is -3.25. The topological polar surface area (TPSA) is 93.6 Å². The minimum Gasteiger partial charge on any atom is -0.398 e. The predicted molar refractivity (Wildman–Crippen MR) is 97.0 cm³/mol. The lowest BCUT2D eigenvalue weighted by molar-refractivity contribution is 0.611. The van der Waals surface area contributed by atoms with Crippen LogP contribution in [0.15, 0.2) is 54.7 Å². The van der Waals surface area contributed by atoms with Crippen molar-refractivity contribution in [1.29, 1.82) is 0 Å². The zero-order valence-corrected chi connectivity index (χ0v) is 13.3. The van der Waals surface area contributed by atoms with Crippen LogP contribution < -0.4 is 11.5 Å². The van der Waals surface area contributed by atoms with Crippen LogP contribution in [0.4, 0.5) is 10.1 Å². The van der Waals surface area contributed by atoms with Crippen molar-refractivity contribution in [3.05, 3.63) is 66.1 Å². The van der Waals surface area contributed by atoms with Crippen LogP contribution in [0.5, 0.6) is 0 Å². The Morgan fingerprint density at radius 3 is 2.64 bits per heavy atom. The SMILES string of the molecule is NCc1ccc(-c2ccnc3[nH]c(-c4ccccc4N)nc23)cc1F. The number of fused-ring (bicyclic) bond motifs is 1. The first kappa shape index (κ1) is 15.3. The van der Waals surface area contributed by atoms with Crippen molar-refractivity contribution in [2.75, 3.05) is 5.73 Å². The van der Waals surface area contributed by atoms with Gasteiger partial charge >= 0.3 is 0 Å². The number of imidazole rings is 1. The second kappa shape index (κ2) is 5.99. The van der Waals surface area contributed by atoms with Crippen LogP contribution in [0, 0.1) is 5.82 Å². The van der Waals surface area contributed by atoms with E-state index in [1.54, 1.807) is 12.3 Å². The first-order valence-corrected chi connectivity index (χ1v) is 7.86. The molecular weight excluding hydrogens is 317 g/mol. The largest absolute Gasteiger partial charge is 0.398 e. The third kappa shape index (κ3) is 2.62. The van der Waals surface area contributed by atoms with Crippen LogP contribution in [0.2, 0.25) is 0 Å². The number of nitrogens with zero attached hydrogens (tertiary/aromatic N) is 2. The molecule has 2 aromatic heterocycles. The van der Waals surface area contributed by atoms with Gasteiger partial charge in [-0.05, 0) is 29.8 Å². The highest BCUT2D eigenvalue weighted by atomic mass is 19.1. The molecule has 0 aliphatic rings. The van der Waals surface area contributed by atoms with Gasteiger partial charge in [-0.1, -0.05) is 24.3 Å². The van der Waals surface area contributed by atoms with Gasteiger partial charge in [0.2, 0.25) is 0 Å². The molecule has 0 radical (unpaired) electrons. The van der Waals surface area contributed by atoms with Gasteiger partial charge in [-0.3, -0.25) is 0 Å². The van der Waals surface area contributed by atoms with Gasteiger partial charge in [0.05, 0.1) is 0 Å². The van der Waals surface area contributed by atoms with Gasteiger partial charge in [0, 0.05) is 35.1 Å². The molecule has 0 saturated carbocycles. The lowest BCUT2D eigenvalue weighted by atomic mass is 10.0. The van der Waals surface area contributed by atoms with Gasteiger partial charge in [0.15, 0.2) is 5.65 Å². The summed E-state index contributed by atoms with van der Waals surface area (Å²) in [6.45, 7) is 0.164. The van der Waals surface area contributed by atoms with Gasteiger partial charge in [-0.15, -0.1) is 0 Å². The number of hydrogen-bond donors (Lipinski definition) is 3. The van der Waals surface area contributed by atoms with Gasteiger partial charge < -0.3 is 16.5 Å². The summed E-state index contributed by atoms with van der Waals surface area (Å²) in [5.74, 6) is 0.306. The highest BCUT2D eigenvalue weighted by Crippen LogP contribution is 2.31. The Kier molecular flexibility index (Phi) is 3.66. The number of aromatic nitrogens is 3. The first-order chi connectivity index (χ1) is 12.2. The Balaban J connectivity index is 1.89. The number of para-hydroxylation sites is 1. The van der Waals surface area contributed by atoms with Gasteiger partial charge in [-0.25, -0.2) is 14.4 Å². The number of rotatable bonds is 3. The smallest absolute Gasteiger partial charge is 0.158 e. The summed E-state index contributed by atoms with van der Waals surface area (Å²) >= 11 is 0. The summed E-state index contributed by atoms with van der Waals surface area (Å²) in [6.07, 6.45) is 1.67. The van der Waals surface area contributed by atoms with E-state index in [0.717, 1.165) is 16.7 Å². The molecule has 0 aliphatic carbocycles. The van der Waals surface area contributed by atoms with Crippen molar-refractivity contribution in [1.82, 2.24) is 15.0 Å². The first-order valence-electron chi connectivity index (χ1n) is 7.86. The average Bonchev–Trinajstić information content (AvgIpc) is 3.06. The molecule has 0 spiro atoms. The van der Waals surface area contributed by atoms with Gasteiger partial charge in [0.25, 0.3) is 0 Å². The van der Waals surface area contributed by atoms with Gasteiger partial charge in [-0.2, -0.15) is 0 Å². The second-order valence-electron chi connectivity index (χ2n) is 5.74. The molecule has 2 heterocycles. The van der Waals surface area contributed by atoms with Crippen molar-refractivity contribution >= 4 is 16.9 Å². The number of pyridine rings is 1. The molecule has 25 heavy (non-hydrogen) atoms.